The highest BCUT2D eigenvalue weighted by atomic mass is 16.1. The number of aromatic nitrogens is 3. The van der Waals surface area contributed by atoms with Gasteiger partial charge in [0, 0.05) is 17.3 Å². The molecule has 0 unspecified atom stereocenters. The molecule has 0 saturated heterocycles. The third-order valence-corrected chi connectivity index (χ3v) is 3.29. The van der Waals surface area contributed by atoms with Crippen molar-refractivity contribution < 1.29 is 4.79 Å². The van der Waals surface area contributed by atoms with Crippen molar-refractivity contribution in [3.05, 3.63) is 65.2 Å². The van der Waals surface area contributed by atoms with Crippen LogP contribution in [-0.2, 0) is 0 Å². The van der Waals surface area contributed by atoms with Crippen molar-refractivity contribution in [3.8, 4) is 0 Å². The number of ketones is 1. The Kier molecular flexibility index (Phi) is 2.63. The van der Waals surface area contributed by atoms with Crippen LogP contribution < -0.4 is 0 Å². The Bertz CT molecular complexity index is 760. The third kappa shape index (κ3) is 1.81. The summed E-state index contributed by atoms with van der Waals surface area (Å²) in [5.41, 5.74) is 4.07. The molecular weight excluding hydrogens is 238 g/mol. The van der Waals surface area contributed by atoms with Gasteiger partial charge in [0.2, 0.25) is 0 Å². The molecule has 0 aliphatic heterocycles. The molecule has 0 radical (unpaired) electrons. The molecule has 19 heavy (non-hydrogen) atoms. The molecule has 0 saturated carbocycles. The Morgan fingerprint density at radius 3 is 2.58 bits per heavy atom. The average Bonchev–Trinajstić information content (AvgIpc) is 2.78. The summed E-state index contributed by atoms with van der Waals surface area (Å²) in [6, 6.07) is 9.27. The van der Waals surface area contributed by atoms with Crippen LogP contribution >= 0.6 is 0 Å². The molecule has 0 aliphatic carbocycles. The van der Waals surface area contributed by atoms with E-state index in [2.05, 4.69) is 10.1 Å². The van der Waals surface area contributed by atoms with Gasteiger partial charge in [-0.2, -0.15) is 5.10 Å². The molecule has 2 aromatic heterocycles. The molecule has 0 amide bonds. The lowest BCUT2D eigenvalue weighted by atomic mass is 10.0. The molecule has 4 nitrogen and oxygen atoms in total. The van der Waals surface area contributed by atoms with E-state index in [0.717, 1.165) is 16.8 Å². The van der Waals surface area contributed by atoms with Crippen LogP contribution in [0.1, 0.15) is 27.2 Å². The molecule has 0 bridgehead atoms. The lowest BCUT2D eigenvalue weighted by molar-refractivity contribution is 0.103. The number of nitrogens with zero attached hydrogens (tertiary/aromatic N) is 3. The van der Waals surface area contributed by atoms with Gasteiger partial charge in [0.25, 0.3) is 0 Å². The number of fused-ring (bicyclic) bond motifs is 1. The first-order valence-electron chi connectivity index (χ1n) is 6.08. The van der Waals surface area contributed by atoms with Gasteiger partial charge < -0.3 is 0 Å². The fourth-order valence-electron chi connectivity index (χ4n) is 2.31. The van der Waals surface area contributed by atoms with Crippen LogP contribution in [0.15, 0.2) is 42.9 Å². The monoisotopic (exact) mass is 251 g/mol. The highest BCUT2D eigenvalue weighted by Crippen LogP contribution is 2.21. The van der Waals surface area contributed by atoms with Gasteiger partial charge in [-0.15, -0.1) is 0 Å². The zero-order chi connectivity index (χ0) is 13.4. The van der Waals surface area contributed by atoms with E-state index >= 15 is 0 Å². The fourth-order valence-corrected chi connectivity index (χ4v) is 2.31. The Labute approximate surface area is 110 Å². The standard InChI is InChI=1S/C15H13N3O/c1-10-13(15(19)12-6-4-3-5-7-12)8-18-14(10)11(2)16-9-17-18/h3-9H,1-2H3. The minimum absolute atomic E-state index is 0.0167. The predicted octanol–water partition coefficient (Wildman–Crippen LogP) is 2.58. The molecule has 2 heterocycles. The molecule has 4 heteroatoms. The maximum atomic E-state index is 12.5. The summed E-state index contributed by atoms with van der Waals surface area (Å²) in [4.78, 5) is 16.7. The summed E-state index contributed by atoms with van der Waals surface area (Å²) < 4.78 is 1.72. The molecule has 0 fully saturated rings. The molecular formula is C15H13N3O. The van der Waals surface area contributed by atoms with E-state index in [0.29, 0.717) is 11.1 Å². The lowest BCUT2D eigenvalue weighted by Gasteiger charge is -2.00. The Morgan fingerprint density at radius 2 is 1.89 bits per heavy atom. The van der Waals surface area contributed by atoms with Crippen molar-refractivity contribution in [2.75, 3.05) is 0 Å². The summed E-state index contributed by atoms with van der Waals surface area (Å²) in [7, 11) is 0. The van der Waals surface area contributed by atoms with Crippen LogP contribution in [0.2, 0.25) is 0 Å². The summed E-state index contributed by atoms with van der Waals surface area (Å²) in [6.45, 7) is 3.85. The molecule has 0 atom stereocenters. The SMILES string of the molecule is Cc1ncnn2cc(C(=O)c3ccccc3)c(C)c12. The number of carbonyl (C=O) groups excluding carboxylic acids is 1. The van der Waals surface area contributed by atoms with Crippen molar-refractivity contribution in [2.45, 2.75) is 13.8 Å². The largest absolute Gasteiger partial charge is 0.289 e. The van der Waals surface area contributed by atoms with Gasteiger partial charge in [0.05, 0.1) is 11.2 Å². The van der Waals surface area contributed by atoms with Gasteiger partial charge in [-0.25, -0.2) is 9.50 Å². The molecule has 0 aliphatic rings. The first-order chi connectivity index (χ1) is 9.18. The maximum absolute atomic E-state index is 12.5. The van der Waals surface area contributed by atoms with Crippen molar-refractivity contribution in [1.29, 1.82) is 0 Å². The zero-order valence-electron chi connectivity index (χ0n) is 10.8. The molecule has 3 aromatic rings. The quantitative estimate of drug-likeness (QED) is 0.658. The van der Waals surface area contributed by atoms with E-state index in [-0.39, 0.29) is 5.78 Å². The second-order valence-corrected chi connectivity index (χ2v) is 4.50. The van der Waals surface area contributed by atoms with Gasteiger partial charge >= 0.3 is 0 Å². The summed E-state index contributed by atoms with van der Waals surface area (Å²) in [5, 5.41) is 4.15. The van der Waals surface area contributed by atoms with Crippen LogP contribution in [0.4, 0.5) is 0 Å². The van der Waals surface area contributed by atoms with Crippen LogP contribution in [0.3, 0.4) is 0 Å². The summed E-state index contributed by atoms with van der Waals surface area (Å²) in [5.74, 6) is 0.0167. The van der Waals surface area contributed by atoms with Gasteiger partial charge in [-0.05, 0) is 19.4 Å². The van der Waals surface area contributed by atoms with Crippen LogP contribution in [0.25, 0.3) is 5.52 Å². The Balaban J connectivity index is 2.19. The Hall–Kier alpha value is -2.49. The number of aryl methyl sites for hydroxylation is 2. The highest BCUT2D eigenvalue weighted by Gasteiger charge is 2.17. The van der Waals surface area contributed by atoms with Gasteiger partial charge in [0.15, 0.2) is 5.78 Å². The van der Waals surface area contributed by atoms with Gasteiger partial charge in [0.1, 0.15) is 6.33 Å². The third-order valence-electron chi connectivity index (χ3n) is 3.29. The summed E-state index contributed by atoms with van der Waals surface area (Å²) >= 11 is 0. The number of carbonyl (C=O) groups is 1. The number of hydrogen-bond donors (Lipinski definition) is 0. The molecule has 94 valence electrons. The first kappa shape index (κ1) is 11.6. The van der Waals surface area contributed by atoms with Gasteiger partial charge in [-0.3, -0.25) is 4.79 Å². The second-order valence-electron chi connectivity index (χ2n) is 4.50. The van der Waals surface area contributed by atoms with Crippen molar-refractivity contribution >= 4 is 11.3 Å². The minimum atomic E-state index is 0.0167. The number of rotatable bonds is 2. The van der Waals surface area contributed by atoms with Gasteiger partial charge in [-0.1, -0.05) is 30.3 Å². The van der Waals surface area contributed by atoms with E-state index in [1.54, 1.807) is 10.7 Å². The molecule has 0 N–H and O–H groups in total. The number of benzene rings is 1. The maximum Gasteiger partial charge on any atom is 0.194 e. The first-order valence-corrected chi connectivity index (χ1v) is 6.08. The minimum Gasteiger partial charge on any atom is -0.289 e. The van der Waals surface area contributed by atoms with E-state index in [4.69, 9.17) is 0 Å². The average molecular weight is 251 g/mol. The predicted molar refractivity (Wildman–Crippen MR) is 72.3 cm³/mol. The van der Waals surface area contributed by atoms with Crippen molar-refractivity contribution in [1.82, 2.24) is 14.6 Å². The Morgan fingerprint density at radius 1 is 1.16 bits per heavy atom. The van der Waals surface area contributed by atoms with E-state index in [9.17, 15) is 4.79 Å². The lowest BCUT2D eigenvalue weighted by Crippen LogP contribution is -2.01. The number of hydrogen-bond acceptors (Lipinski definition) is 3. The van der Waals surface area contributed by atoms with Crippen molar-refractivity contribution in [2.24, 2.45) is 0 Å². The fraction of sp³-hybridized carbons (Fsp3) is 0.133. The van der Waals surface area contributed by atoms with E-state index < -0.39 is 0 Å². The smallest absolute Gasteiger partial charge is 0.194 e. The van der Waals surface area contributed by atoms with E-state index in [1.165, 1.54) is 6.33 Å². The van der Waals surface area contributed by atoms with Crippen molar-refractivity contribution in [3.63, 3.8) is 0 Å². The van der Waals surface area contributed by atoms with Crippen LogP contribution in [0.5, 0.6) is 0 Å². The van der Waals surface area contributed by atoms with Crippen LogP contribution in [0, 0.1) is 13.8 Å². The molecule has 0 spiro atoms. The second kappa shape index (κ2) is 4.31. The topological polar surface area (TPSA) is 47.3 Å². The molecule has 3 rings (SSSR count). The highest BCUT2D eigenvalue weighted by molar-refractivity contribution is 6.11. The van der Waals surface area contributed by atoms with Crippen LogP contribution in [-0.4, -0.2) is 20.4 Å². The normalized spacial score (nSPS) is 10.8. The van der Waals surface area contributed by atoms with E-state index in [1.807, 2.05) is 44.2 Å². The zero-order valence-corrected chi connectivity index (χ0v) is 10.8. The molecule has 1 aromatic carbocycles. The summed E-state index contributed by atoms with van der Waals surface area (Å²) in [6.07, 6.45) is 3.27.